The molecule has 2 atom stereocenters. The molecule has 1 aliphatic carbocycles. The fourth-order valence-corrected chi connectivity index (χ4v) is 4.94. The van der Waals surface area contributed by atoms with Gasteiger partial charge in [-0.1, -0.05) is 6.42 Å². The highest BCUT2D eigenvalue weighted by atomic mass is 16.5. The summed E-state index contributed by atoms with van der Waals surface area (Å²) in [6.45, 7) is 7.04. The van der Waals surface area contributed by atoms with E-state index in [0.717, 1.165) is 39.1 Å². The van der Waals surface area contributed by atoms with E-state index in [-0.39, 0.29) is 5.41 Å². The molecule has 0 radical (unpaired) electrons. The van der Waals surface area contributed by atoms with Crippen LogP contribution >= 0.6 is 0 Å². The summed E-state index contributed by atoms with van der Waals surface area (Å²) in [6.07, 6.45) is 10.7. The van der Waals surface area contributed by atoms with E-state index in [1.54, 1.807) is 0 Å². The SMILES string of the molecule is C1CC(N2CC[C@H]3OCCC[C@]3(COCC3CCOCC3)C2)C1. The van der Waals surface area contributed by atoms with Crippen LogP contribution < -0.4 is 0 Å². The first-order valence-corrected chi connectivity index (χ1v) is 9.87. The lowest BCUT2D eigenvalue weighted by molar-refractivity contribution is -0.164. The highest BCUT2D eigenvalue weighted by molar-refractivity contribution is 4.99. The standard InChI is InChI=1S/C19H33NO3/c1-3-17(4-1)20-9-5-18-19(14-20,8-2-10-23-18)15-22-13-16-6-11-21-12-7-16/h16-18H,1-15H2/t18-,19-/m1/s1. The van der Waals surface area contributed by atoms with Crippen molar-refractivity contribution in [3.63, 3.8) is 0 Å². The Morgan fingerprint density at radius 1 is 1.00 bits per heavy atom. The summed E-state index contributed by atoms with van der Waals surface area (Å²) in [5, 5.41) is 0. The third kappa shape index (κ3) is 3.60. The van der Waals surface area contributed by atoms with Gasteiger partial charge in [-0.05, 0) is 50.9 Å². The van der Waals surface area contributed by atoms with Crippen molar-refractivity contribution in [2.24, 2.45) is 11.3 Å². The molecule has 0 aromatic heterocycles. The van der Waals surface area contributed by atoms with Gasteiger partial charge >= 0.3 is 0 Å². The predicted octanol–water partition coefficient (Wildman–Crippen LogP) is 2.85. The molecule has 4 heteroatoms. The van der Waals surface area contributed by atoms with Gasteiger partial charge in [-0.25, -0.2) is 0 Å². The van der Waals surface area contributed by atoms with E-state index in [4.69, 9.17) is 14.2 Å². The van der Waals surface area contributed by atoms with E-state index in [2.05, 4.69) is 4.90 Å². The van der Waals surface area contributed by atoms with Gasteiger partial charge in [-0.15, -0.1) is 0 Å². The van der Waals surface area contributed by atoms with E-state index < -0.39 is 0 Å². The van der Waals surface area contributed by atoms with Crippen LogP contribution in [0.15, 0.2) is 0 Å². The van der Waals surface area contributed by atoms with Crippen molar-refractivity contribution in [2.75, 3.05) is 46.1 Å². The van der Waals surface area contributed by atoms with E-state index in [0.29, 0.717) is 12.0 Å². The lowest BCUT2D eigenvalue weighted by atomic mass is 9.72. The number of hydrogen-bond donors (Lipinski definition) is 0. The van der Waals surface area contributed by atoms with Crippen LogP contribution in [0.2, 0.25) is 0 Å². The number of fused-ring (bicyclic) bond motifs is 1. The molecule has 4 aliphatic rings. The van der Waals surface area contributed by atoms with E-state index >= 15 is 0 Å². The average Bonchev–Trinajstić information content (AvgIpc) is 2.54. The van der Waals surface area contributed by atoms with E-state index in [9.17, 15) is 0 Å². The molecule has 0 bridgehead atoms. The van der Waals surface area contributed by atoms with Gasteiger partial charge in [0.25, 0.3) is 0 Å². The Bertz CT molecular complexity index is 381. The molecule has 0 spiro atoms. The number of piperidine rings is 1. The monoisotopic (exact) mass is 323 g/mol. The van der Waals surface area contributed by atoms with Crippen LogP contribution in [0.1, 0.15) is 51.4 Å². The minimum absolute atomic E-state index is 0.261. The Hall–Kier alpha value is -0.160. The lowest BCUT2D eigenvalue weighted by Gasteiger charge is -2.53. The number of hydrogen-bond acceptors (Lipinski definition) is 4. The zero-order valence-electron chi connectivity index (χ0n) is 14.5. The Labute approximate surface area is 140 Å². The third-order valence-corrected chi connectivity index (χ3v) is 6.69. The molecule has 3 saturated heterocycles. The smallest absolute Gasteiger partial charge is 0.0677 e. The molecule has 4 rings (SSSR count). The van der Waals surface area contributed by atoms with Crippen molar-refractivity contribution in [1.82, 2.24) is 4.90 Å². The Morgan fingerprint density at radius 2 is 1.87 bits per heavy atom. The lowest BCUT2D eigenvalue weighted by Crippen LogP contribution is -2.59. The molecule has 0 aromatic rings. The normalized spacial score (nSPS) is 37.3. The highest BCUT2D eigenvalue weighted by Crippen LogP contribution is 2.42. The summed E-state index contributed by atoms with van der Waals surface area (Å²) >= 11 is 0. The van der Waals surface area contributed by atoms with Crippen molar-refractivity contribution >= 4 is 0 Å². The van der Waals surface area contributed by atoms with Crippen LogP contribution in [-0.2, 0) is 14.2 Å². The second-order valence-corrected chi connectivity index (χ2v) is 8.24. The molecule has 3 aliphatic heterocycles. The minimum atomic E-state index is 0.261. The van der Waals surface area contributed by atoms with Gasteiger partial charge in [0.1, 0.15) is 0 Å². The van der Waals surface area contributed by atoms with E-state index in [1.807, 2.05) is 0 Å². The first kappa shape index (κ1) is 16.3. The molecule has 4 fully saturated rings. The second kappa shape index (κ2) is 7.38. The fourth-order valence-electron chi connectivity index (χ4n) is 4.94. The maximum Gasteiger partial charge on any atom is 0.0677 e. The van der Waals surface area contributed by atoms with Crippen molar-refractivity contribution in [1.29, 1.82) is 0 Å². The molecule has 0 amide bonds. The number of rotatable bonds is 5. The molecule has 3 heterocycles. The molecule has 1 saturated carbocycles. The maximum atomic E-state index is 6.29. The zero-order chi connectivity index (χ0) is 15.5. The van der Waals surface area contributed by atoms with Gasteiger partial charge in [0.2, 0.25) is 0 Å². The van der Waals surface area contributed by atoms with Crippen molar-refractivity contribution in [2.45, 2.75) is 63.5 Å². The van der Waals surface area contributed by atoms with Gasteiger partial charge in [0, 0.05) is 51.0 Å². The number of nitrogens with zero attached hydrogens (tertiary/aromatic N) is 1. The summed E-state index contributed by atoms with van der Waals surface area (Å²) in [5.41, 5.74) is 0.261. The molecule has 23 heavy (non-hydrogen) atoms. The van der Waals surface area contributed by atoms with Gasteiger partial charge in [-0.2, -0.15) is 0 Å². The van der Waals surface area contributed by atoms with E-state index in [1.165, 1.54) is 64.5 Å². The number of likely N-dealkylation sites (tertiary alicyclic amines) is 1. The van der Waals surface area contributed by atoms with Crippen LogP contribution in [0.25, 0.3) is 0 Å². The van der Waals surface area contributed by atoms with Gasteiger partial charge in [-0.3, -0.25) is 4.90 Å². The summed E-state index contributed by atoms with van der Waals surface area (Å²) in [7, 11) is 0. The van der Waals surface area contributed by atoms with Crippen LogP contribution in [0.4, 0.5) is 0 Å². The second-order valence-electron chi connectivity index (χ2n) is 8.24. The van der Waals surface area contributed by atoms with Gasteiger partial charge in [0.15, 0.2) is 0 Å². The summed E-state index contributed by atoms with van der Waals surface area (Å²) in [6, 6.07) is 0.852. The Balaban J connectivity index is 1.34. The van der Waals surface area contributed by atoms with Crippen molar-refractivity contribution < 1.29 is 14.2 Å². The zero-order valence-corrected chi connectivity index (χ0v) is 14.5. The molecule has 0 unspecified atom stereocenters. The molecule has 4 nitrogen and oxygen atoms in total. The summed E-state index contributed by atoms with van der Waals surface area (Å²) < 4.78 is 17.9. The molecule has 0 aromatic carbocycles. The quantitative estimate of drug-likeness (QED) is 0.778. The van der Waals surface area contributed by atoms with Crippen molar-refractivity contribution in [3.05, 3.63) is 0 Å². The first-order valence-electron chi connectivity index (χ1n) is 9.87. The molecular weight excluding hydrogens is 290 g/mol. The highest BCUT2D eigenvalue weighted by Gasteiger charge is 2.47. The number of ether oxygens (including phenoxy) is 3. The first-order chi connectivity index (χ1) is 11.4. The maximum absolute atomic E-state index is 6.29. The van der Waals surface area contributed by atoms with Crippen molar-refractivity contribution in [3.8, 4) is 0 Å². The topological polar surface area (TPSA) is 30.9 Å². The Morgan fingerprint density at radius 3 is 2.65 bits per heavy atom. The predicted molar refractivity (Wildman–Crippen MR) is 89.6 cm³/mol. The molecule has 0 N–H and O–H groups in total. The average molecular weight is 323 g/mol. The van der Waals surface area contributed by atoms with Crippen LogP contribution in [0, 0.1) is 11.3 Å². The fraction of sp³-hybridized carbons (Fsp3) is 1.00. The Kier molecular flexibility index (Phi) is 5.24. The largest absolute Gasteiger partial charge is 0.381 e. The minimum Gasteiger partial charge on any atom is -0.381 e. The van der Waals surface area contributed by atoms with Crippen LogP contribution in [-0.4, -0.2) is 63.2 Å². The third-order valence-electron chi connectivity index (χ3n) is 6.69. The summed E-state index contributed by atoms with van der Waals surface area (Å²) in [5.74, 6) is 0.703. The molecular formula is C19H33NO3. The summed E-state index contributed by atoms with van der Waals surface area (Å²) in [4.78, 5) is 2.76. The van der Waals surface area contributed by atoms with Gasteiger partial charge in [0.05, 0.1) is 12.7 Å². The van der Waals surface area contributed by atoms with Crippen LogP contribution in [0.5, 0.6) is 0 Å². The van der Waals surface area contributed by atoms with Gasteiger partial charge < -0.3 is 14.2 Å². The van der Waals surface area contributed by atoms with Crippen LogP contribution in [0.3, 0.4) is 0 Å². The molecule has 132 valence electrons.